The summed E-state index contributed by atoms with van der Waals surface area (Å²) in [5.74, 6) is -1.63. The van der Waals surface area contributed by atoms with Crippen LogP contribution in [0.5, 0.6) is 0 Å². The van der Waals surface area contributed by atoms with Crippen LogP contribution in [0.2, 0.25) is 0 Å². The number of aromatic nitrogens is 3. The van der Waals surface area contributed by atoms with Gasteiger partial charge < -0.3 is 5.11 Å². The summed E-state index contributed by atoms with van der Waals surface area (Å²) in [4.78, 5) is 27.3. The van der Waals surface area contributed by atoms with Crippen molar-refractivity contribution in [3.63, 3.8) is 0 Å². The minimum absolute atomic E-state index is 0.00277. The first-order valence-electron chi connectivity index (χ1n) is 4.26. The standard InChI is InChI=1S/C7H8N4O3S/c12-4-1-3(5(13)14)2-11(4)6-8-7(15)10-9-6/h3H,1-2H2,(H,13,14)(H2,8,9,10,15). The van der Waals surface area contributed by atoms with Crippen LogP contribution in [0.3, 0.4) is 0 Å². The van der Waals surface area contributed by atoms with Crippen LogP contribution in [0.1, 0.15) is 6.42 Å². The molecule has 1 aliphatic rings. The number of hydrogen-bond acceptors (Lipinski definition) is 4. The normalized spacial score (nSPS) is 20.9. The lowest BCUT2D eigenvalue weighted by atomic mass is 10.1. The molecule has 2 rings (SSSR count). The molecular weight excluding hydrogens is 220 g/mol. The molecule has 8 heteroatoms. The van der Waals surface area contributed by atoms with Gasteiger partial charge in [0.25, 0.3) is 0 Å². The number of amides is 1. The predicted molar refractivity (Wildman–Crippen MR) is 51.9 cm³/mol. The molecule has 0 radical (unpaired) electrons. The summed E-state index contributed by atoms with van der Waals surface area (Å²) in [6.07, 6.45) is 0.00277. The number of carboxylic acids is 1. The Morgan fingerprint density at radius 1 is 1.60 bits per heavy atom. The SMILES string of the molecule is O=C(O)C1CC(=O)N(c2nc(=S)[nH][nH]2)C1. The fourth-order valence-electron chi connectivity index (χ4n) is 1.47. The number of rotatable bonds is 2. The molecule has 1 aromatic rings. The molecule has 1 amide bonds. The van der Waals surface area contributed by atoms with Gasteiger partial charge in [0.2, 0.25) is 16.6 Å². The Labute approximate surface area is 89.1 Å². The monoisotopic (exact) mass is 228 g/mol. The number of carboxylic acid groups (broad SMARTS) is 1. The zero-order valence-corrected chi connectivity index (χ0v) is 8.37. The molecule has 1 unspecified atom stereocenters. The van der Waals surface area contributed by atoms with Crippen molar-refractivity contribution < 1.29 is 14.7 Å². The molecule has 15 heavy (non-hydrogen) atoms. The minimum atomic E-state index is -0.972. The van der Waals surface area contributed by atoms with E-state index in [-0.39, 0.29) is 29.6 Å². The van der Waals surface area contributed by atoms with Gasteiger partial charge in [-0.15, -0.1) is 0 Å². The maximum absolute atomic E-state index is 11.5. The summed E-state index contributed by atoms with van der Waals surface area (Å²) in [5, 5.41) is 13.9. The predicted octanol–water partition coefficient (Wildman–Crippen LogP) is -0.0952. The van der Waals surface area contributed by atoms with Crippen molar-refractivity contribution in [1.29, 1.82) is 0 Å². The fourth-order valence-corrected chi connectivity index (χ4v) is 1.60. The lowest BCUT2D eigenvalue weighted by Gasteiger charge is -2.10. The molecule has 1 saturated heterocycles. The topological polar surface area (TPSA) is 102 Å². The molecule has 0 bridgehead atoms. The second kappa shape index (κ2) is 3.46. The summed E-state index contributed by atoms with van der Waals surface area (Å²) in [7, 11) is 0. The number of nitrogens with zero attached hydrogens (tertiary/aromatic N) is 2. The zero-order chi connectivity index (χ0) is 11.0. The van der Waals surface area contributed by atoms with Crippen LogP contribution in [-0.4, -0.2) is 38.7 Å². The molecular formula is C7H8N4O3S. The highest BCUT2D eigenvalue weighted by Crippen LogP contribution is 2.21. The van der Waals surface area contributed by atoms with Crippen LogP contribution in [0.25, 0.3) is 0 Å². The van der Waals surface area contributed by atoms with E-state index in [9.17, 15) is 9.59 Å². The molecule has 0 aliphatic carbocycles. The van der Waals surface area contributed by atoms with Gasteiger partial charge in [0.15, 0.2) is 0 Å². The van der Waals surface area contributed by atoms with Crippen LogP contribution < -0.4 is 4.90 Å². The molecule has 0 spiro atoms. The zero-order valence-electron chi connectivity index (χ0n) is 7.56. The third-order valence-corrected chi connectivity index (χ3v) is 2.41. The molecule has 0 saturated carbocycles. The molecule has 80 valence electrons. The van der Waals surface area contributed by atoms with E-state index in [0.29, 0.717) is 0 Å². The van der Waals surface area contributed by atoms with Crippen LogP contribution in [0.4, 0.5) is 5.95 Å². The van der Waals surface area contributed by atoms with Gasteiger partial charge in [0.05, 0.1) is 5.92 Å². The summed E-state index contributed by atoms with van der Waals surface area (Å²) < 4.78 is 0.233. The Balaban J connectivity index is 2.22. The van der Waals surface area contributed by atoms with E-state index in [1.807, 2.05) is 0 Å². The van der Waals surface area contributed by atoms with Gasteiger partial charge in [-0.3, -0.25) is 24.7 Å². The van der Waals surface area contributed by atoms with Gasteiger partial charge in [-0.25, -0.2) is 0 Å². The second-order valence-corrected chi connectivity index (χ2v) is 3.62. The Bertz CT molecular complexity index is 465. The van der Waals surface area contributed by atoms with Gasteiger partial charge >= 0.3 is 5.97 Å². The maximum atomic E-state index is 11.5. The number of anilines is 1. The Morgan fingerprint density at radius 3 is 2.80 bits per heavy atom. The van der Waals surface area contributed by atoms with Crippen LogP contribution in [-0.2, 0) is 9.59 Å². The number of aromatic amines is 2. The smallest absolute Gasteiger partial charge is 0.308 e. The molecule has 3 N–H and O–H groups in total. The highest BCUT2D eigenvalue weighted by atomic mass is 32.1. The van der Waals surface area contributed by atoms with Crippen molar-refractivity contribution in [3.05, 3.63) is 4.77 Å². The van der Waals surface area contributed by atoms with Crippen molar-refractivity contribution in [2.75, 3.05) is 11.4 Å². The van der Waals surface area contributed by atoms with E-state index in [4.69, 9.17) is 17.3 Å². The summed E-state index contributed by atoms with van der Waals surface area (Å²) >= 11 is 4.74. The maximum Gasteiger partial charge on any atom is 0.308 e. The summed E-state index contributed by atoms with van der Waals surface area (Å²) in [5.41, 5.74) is 0. The average molecular weight is 228 g/mol. The fraction of sp³-hybridized carbons (Fsp3) is 0.429. The van der Waals surface area contributed by atoms with Crippen LogP contribution >= 0.6 is 12.2 Å². The molecule has 2 heterocycles. The molecule has 1 aliphatic heterocycles. The number of nitrogens with one attached hydrogen (secondary N) is 2. The van der Waals surface area contributed by atoms with Crippen molar-refractivity contribution in [3.8, 4) is 0 Å². The molecule has 7 nitrogen and oxygen atoms in total. The van der Waals surface area contributed by atoms with E-state index >= 15 is 0 Å². The number of aliphatic carboxylic acids is 1. The van der Waals surface area contributed by atoms with Crippen molar-refractivity contribution in [2.24, 2.45) is 5.92 Å². The number of carbonyl (C=O) groups excluding carboxylic acids is 1. The average Bonchev–Trinajstić information content (AvgIpc) is 2.71. The van der Waals surface area contributed by atoms with Crippen molar-refractivity contribution in [1.82, 2.24) is 15.2 Å². The molecule has 1 aromatic heterocycles. The first-order chi connectivity index (χ1) is 7.08. The van der Waals surface area contributed by atoms with Gasteiger partial charge in [0, 0.05) is 13.0 Å². The first kappa shape index (κ1) is 9.84. The largest absolute Gasteiger partial charge is 0.481 e. The van der Waals surface area contributed by atoms with Gasteiger partial charge in [-0.2, -0.15) is 4.98 Å². The highest BCUT2D eigenvalue weighted by Gasteiger charge is 2.36. The third kappa shape index (κ3) is 1.75. The molecule has 0 aromatic carbocycles. The quantitative estimate of drug-likeness (QED) is 0.614. The van der Waals surface area contributed by atoms with E-state index in [2.05, 4.69) is 15.2 Å². The van der Waals surface area contributed by atoms with Crippen molar-refractivity contribution >= 4 is 30.0 Å². The van der Waals surface area contributed by atoms with Gasteiger partial charge in [-0.1, -0.05) is 0 Å². The van der Waals surface area contributed by atoms with E-state index < -0.39 is 11.9 Å². The van der Waals surface area contributed by atoms with Gasteiger partial charge in [-0.05, 0) is 12.2 Å². The molecule has 1 atom stereocenters. The number of hydrogen-bond donors (Lipinski definition) is 3. The minimum Gasteiger partial charge on any atom is -0.481 e. The van der Waals surface area contributed by atoms with E-state index in [1.54, 1.807) is 0 Å². The third-order valence-electron chi connectivity index (χ3n) is 2.22. The van der Waals surface area contributed by atoms with Crippen molar-refractivity contribution in [2.45, 2.75) is 6.42 Å². The van der Waals surface area contributed by atoms with E-state index in [0.717, 1.165) is 0 Å². The summed E-state index contributed by atoms with van der Waals surface area (Å²) in [6.45, 7) is 0.129. The molecule has 1 fully saturated rings. The second-order valence-electron chi connectivity index (χ2n) is 3.23. The van der Waals surface area contributed by atoms with Gasteiger partial charge in [0.1, 0.15) is 0 Å². The van der Waals surface area contributed by atoms with Crippen LogP contribution in [0, 0.1) is 10.7 Å². The summed E-state index contributed by atoms with van der Waals surface area (Å²) in [6, 6.07) is 0. The van der Waals surface area contributed by atoms with Crippen LogP contribution in [0.15, 0.2) is 0 Å². The lowest BCUT2D eigenvalue weighted by molar-refractivity contribution is -0.141. The lowest BCUT2D eigenvalue weighted by Crippen LogP contribution is -2.26. The highest BCUT2D eigenvalue weighted by molar-refractivity contribution is 7.71. The Morgan fingerprint density at radius 2 is 2.33 bits per heavy atom. The first-order valence-corrected chi connectivity index (χ1v) is 4.66. The Hall–Kier alpha value is -1.70. The Kier molecular flexibility index (Phi) is 2.27. The van der Waals surface area contributed by atoms with E-state index in [1.165, 1.54) is 4.90 Å². The number of H-pyrrole nitrogens is 2. The number of carbonyl (C=O) groups is 2.